The van der Waals surface area contributed by atoms with Crippen molar-refractivity contribution in [1.82, 2.24) is 19.5 Å². The van der Waals surface area contributed by atoms with Gasteiger partial charge in [0.1, 0.15) is 18.0 Å². The van der Waals surface area contributed by atoms with Gasteiger partial charge in [0.15, 0.2) is 28.9 Å². The van der Waals surface area contributed by atoms with Gasteiger partial charge >= 0.3 is 15.6 Å². The van der Waals surface area contributed by atoms with E-state index in [9.17, 15) is 19.1 Å². The van der Waals surface area contributed by atoms with Crippen LogP contribution >= 0.6 is 15.6 Å². The van der Waals surface area contributed by atoms with E-state index in [1.165, 1.54) is 10.9 Å². The van der Waals surface area contributed by atoms with Crippen molar-refractivity contribution in [3.05, 3.63) is 12.2 Å². The molecule has 1 aliphatic heterocycles. The van der Waals surface area contributed by atoms with E-state index in [-0.39, 0.29) is 5.65 Å². The summed E-state index contributed by atoms with van der Waals surface area (Å²) in [7, 11) is -7.04. The van der Waals surface area contributed by atoms with Gasteiger partial charge in [0.2, 0.25) is 0 Å². The number of rotatable bonds is 7. The minimum Gasteiger partial charge on any atom is -0.387 e. The number of imidazole rings is 1. The molecule has 3 rings (SSSR count). The summed E-state index contributed by atoms with van der Waals surface area (Å²) in [5.41, 5.74) is -1.82. The molecular formula is C14H22FN5O9P2. The highest BCUT2D eigenvalue weighted by Crippen LogP contribution is 2.58. The molecule has 2 aromatic rings. The van der Waals surface area contributed by atoms with Crippen LogP contribution in [0.5, 0.6) is 0 Å². The highest BCUT2D eigenvalue weighted by Gasteiger charge is 2.56. The number of nitrogens with zero attached hydrogens (tertiary/aromatic N) is 5. The molecule has 0 aromatic carbocycles. The van der Waals surface area contributed by atoms with E-state index in [1.807, 2.05) is 0 Å². The van der Waals surface area contributed by atoms with Gasteiger partial charge in [-0.15, -0.1) is 0 Å². The number of fused-ring (bicyclic) bond motifs is 1. The second-order valence-corrected chi connectivity index (χ2v) is 10.1. The van der Waals surface area contributed by atoms with E-state index in [2.05, 4.69) is 23.8 Å². The van der Waals surface area contributed by atoms with Crippen molar-refractivity contribution >= 4 is 32.6 Å². The molecule has 0 bridgehead atoms. The molecule has 0 saturated carbocycles. The topological polar surface area (TPSA) is 190 Å². The van der Waals surface area contributed by atoms with Gasteiger partial charge in [-0.2, -0.15) is 4.31 Å². The lowest BCUT2D eigenvalue weighted by Gasteiger charge is -2.24. The van der Waals surface area contributed by atoms with Crippen LogP contribution in [-0.2, 0) is 22.7 Å². The average molecular weight is 485 g/mol. The standard InChI is InChI=1S/C14H22FN5O9P2/c1-7-17-11(19(3)4)9-12(18-7)20(6-16-9)13-14(2,15)10(21)8(28-13)5-27-31(25,26)29-30(22,23)24/h6,8,10,13,21H,5H2,1-4H3,(H,25,26)(H2,22,23,24)/t8-,10-,13-,14-/m1/s1. The lowest BCUT2D eigenvalue weighted by Crippen LogP contribution is -2.40. The van der Waals surface area contributed by atoms with Crippen LogP contribution in [0, 0.1) is 6.92 Å². The monoisotopic (exact) mass is 485 g/mol. The Hall–Kier alpha value is -1.54. The Bertz CT molecular complexity index is 1070. The predicted octanol–water partition coefficient (Wildman–Crippen LogP) is 0.414. The number of phosphoric acid groups is 2. The number of aliphatic hydroxyl groups excluding tert-OH is 1. The minimum absolute atomic E-state index is 0.233. The van der Waals surface area contributed by atoms with Crippen LogP contribution in [0.1, 0.15) is 19.0 Å². The quantitative estimate of drug-likeness (QED) is 0.395. The zero-order chi connectivity index (χ0) is 23.4. The zero-order valence-electron chi connectivity index (χ0n) is 16.9. The number of hydrogen-bond acceptors (Lipinski definition) is 10. The number of aliphatic hydroxyl groups is 1. The van der Waals surface area contributed by atoms with E-state index in [4.69, 9.17) is 14.5 Å². The number of phosphoric ester groups is 1. The highest BCUT2D eigenvalue weighted by molar-refractivity contribution is 7.60. The molecule has 5 atom stereocenters. The minimum atomic E-state index is -5.33. The van der Waals surface area contributed by atoms with Gasteiger partial charge in [0, 0.05) is 14.1 Å². The summed E-state index contributed by atoms with van der Waals surface area (Å²) >= 11 is 0. The normalized spacial score (nSPS) is 28.7. The van der Waals surface area contributed by atoms with Gasteiger partial charge in [0.25, 0.3) is 0 Å². The molecule has 174 valence electrons. The van der Waals surface area contributed by atoms with Crippen LogP contribution in [0.25, 0.3) is 11.2 Å². The molecular weight excluding hydrogens is 463 g/mol. The third-order valence-corrected chi connectivity index (χ3v) is 6.67. The molecule has 3 heterocycles. The van der Waals surface area contributed by atoms with Gasteiger partial charge in [-0.05, 0) is 13.8 Å². The van der Waals surface area contributed by atoms with E-state index in [1.54, 1.807) is 25.9 Å². The number of aromatic nitrogens is 4. The highest BCUT2D eigenvalue weighted by atomic mass is 31.3. The molecule has 0 aliphatic carbocycles. The van der Waals surface area contributed by atoms with Crippen molar-refractivity contribution in [3.63, 3.8) is 0 Å². The summed E-state index contributed by atoms with van der Waals surface area (Å²) in [6.07, 6.45) is -3.50. The maximum absolute atomic E-state index is 15.4. The lowest BCUT2D eigenvalue weighted by molar-refractivity contribution is -0.0560. The van der Waals surface area contributed by atoms with Crippen molar-refractivity contribution in [2.75, 3.05) is 25.6 Å². The van der Waals surface area contributed by atoms with Crippen LogP contribution in [-0.4, -0.2) is 77.9 Å². The summed E-state index contributed by atoms with van der Waals surface area (Å²) in [6.45, 7) is 1.80. The van der Waals surface area contributed by atoms with Crippen molar-refractivity contribution in [2.24, 2.45) is 0 Å². The fourth-order valence-corrected chi connectivity index (χ4v) is 4.77. The van der Waals surface area contributed by atoms with Crippen LogP contribution in [0.2, 0.25) is 0 Å². The molecule has 2 aromatic heterocycles. The molecule has 0 amide bonds. The third kappa shape index (κ3) is 4.95. The first-order valence-electron chi connectivity index (χ1n) is 8.77. The summed E-state index contributed by atoms with van der Waals surface area (Å²) in [6, 6.07) is 0. The van der Waals surface area contributed by atoms with Crippen LogP contribution in [0.4, 0.5) is 10.2 Å². The molecule has 31 heavy (non-hydrogen) atoms. The molecule has 0 spiro atoms. The van der Waals surface area contributed by atoms with Crippen LogP contribution < -0.4 is 4.90 Å². The smallest absolute Gasteiger partial charge is 0.387 e. The molecule has 14 nitrogen and oxygen atoms in total. The van der Waals surface area contributed by atoms with E-state index < -0.39 is 46.4 Å². The summed E-state index contributed by atoms with van der Waals surface area (Å²) in [5.74, 6) is 0.865. The summed E-state index contributed by atoms with van der Waals surface area (Å²) in [5, 5.41) is 10.4. The molecule has 1 unspecified atom stereocenters. The average Bonchev–Trinajstić information content (AvgIpc) is 3.10. The van der Waals surface area contributed by atoms with Gasteiger partial charge < -0.3 is 29.4 Å². The summed E-state index contributed by atoms with van der Waals surface area (Å²) in [4.78, 5) is 41.1. The molecule has 0 radical (unpaired) electrons. The largest absolute Gasteiger partial charge is 0.481 e. The van der Waals surface area contributed by atoms with Crippen molar-refractivity contribution in [3.8, 4) is 0 Å². The Morgan fingerprint density at radius 1 is 1.32 bits per heavy atom. The number of ether oxygens (including phenoxy) is 1. The molecule has 1 fully saturated rings. The molecule has 4 N–H and O–H groups in total. The predicted molar refractivity (Wildman–Crippen MR) is 103 cm³/mol. The first-order chi connectivity index (χ1) is 14.1. The molecule has 17 heteroatoms. The van der Waals surface area contributed by atoms with Gasteiger partial charge in [-0.25, -0.2) is 28.5 Å². The first kappa shape index (κ1) is 24.1. The van der Waals surface area contributed by atoms with E-state index >= 15 is 4.39 Å². The Morgan fingerprint density at radius 2 is 1.97 bits per heavy atom. The second kappa shape index (κ2) is 8.10. The number of anilines is 1. The third-order valence-electron chi connectivity index (χ3n) is 4.52. The molecule has 1 aliphatic rings. The Morgan fingerprint density at radius 3 is 2.55 bits per heavy atom. The number of alkyl halides is 1. The van der Waals surface area contributed by atoms with Crippen molar-refractivity contribution in [1.29, 1.82) is 0 Å². The maximum Gasteiger partial charge on any atom is 0.481 e. The van der Waals surface area contributed by atoms with Crippen LogP contribution in [0.15, 0.2) is 6.33 Å². The van der Waals surface area contributed by atoms with E-state index in [0.29, 0.717) is 17.2 Å². The van der Waals surface area contributed by atoms with Crippen LogP contribution in [0.3, 0.4) is 0 Å². The first-order valence-corrected chi connectivity index (χ1v) is 11.8. The number of hydrogen-bond donors (Lipinski definition) is 4. The fourth-order valence-electron chi connectivity index (χ4n) is 3.17. The Balaban J connectivity index is 1.89. The lowest BCUT2D eigenvalue weighted by atomic mass is 9.98. The Kier molecular flexibility index (Phi) is 6.30. The number of aryl methyl sites for hydroxylation is 1. The van der Waals surface area contributed by atoms with E-state index in [0.717, 1.165) is 6.92 Å². The number of halogens is 1. The fraction of sp³-hybridized carbons (Fsp3) is 0.643. The Labute approximate surface area is 175 Å². The van der Waals surface area contributed by atoms with Gasteiger partial charge in [-0.3, -0.25) is 9.09 Å². The SMILES string of the molecule is Cc1nc(N(C)C)c2ncn([C@@H]3O[C@H](COP(=O)(O)OP(=O)(O)O)[C@@H](O)[C@@]3(C)F)c2n1. The van der Waals surface area contributed by atoms with Crippen molar-refractivity contribution in [2.45, 2.75) is 38.0 Å². The van der Waals surface area contributed by atoms with Gasteiger partial charge in [0.05, 0.1) is 12.9 Å². The van der Waals surface area contributed by atoms with Gasteiger partial charge in [-0.1, -0.05) is 0 Å². The summed E-state index contributed by atoms with van der Waals surface area (Å²) < 4.78 is 52.7. The maximum atomic E-state index is 15.4. The molecule has 1 saturated heterocycles. The second-order valence-electron chi connectivity index (χ2n) is 7.27. The van der Waals surface area contributed by atoms with Crippen molar-refractivity contribution < 1.29 is 46.9 Å². The zero-order valence-corrected chi connectivity index (χ0v) is 18.6.